The molecule has 3 atom stereocenters. The monoisotopic (exact) mass is 366 g/mol. The van der Waals surface area contributed by atoms with Crippen LogP contribution in [0.25, 0.3) is 0 Å². The molecule has 1 heterocycles. The van der Waals surface area contributed by atoms with Crippen molar-refractivity contribution in [2.45, 2.75) is 25.4 Å². The van der Waals surface area contributed by atoms with Gasteiger partial charge >= 0.3 is 0 Å². The standard InChI is InChI=1S/C17H22N2O5S/c1-24-13-4-2-11(3-5-13)9-18-16(20)14-8-15(14)17(21)19-12-6-7-25(22,23)10-12/h2-5,12,14-15H,6-10H2,1H3,(H,18,20)(H,19,21). The summed E-state index contributed by atoms with van der Waals surface area (Å²) in [5.41, 5.74) is 0.951. The third-order valence-corrected chi connectivity index (χ3v) is 6.44. The van der Waals surface area contributed by atoms with Crippen molar-refractivity contribution in [3.8, 4) is 5.75 Å². The van der Waals surface area contributed by atoms with E-state index in [1.165, 1.54) is 0 Å². The Balaban J connectivity index is 1.43. The van der Waals surface area contributed by atoms with E-state index in [1.54, 1.807) is 7.11 Å². The highest BCUT2D eigenvalue weighted by atomic mass is 32.2. The topological polar surface area (TPSA) is 102 Å². The SMILES string of the molecule is COc1ccc(CNC(=O)C2CC2C(=O)NC2CCS(=O)(=O)C2)cc1. The first-order chi connectivity index (χ1) is 11.9. The lowest BCUT2D eigenvalue weighted by atomic mass is 10.2. The lowest BCUT2D eigenvalue weighted by Crippen LogP contribution is -2.37. The van der Waals surface area contributed by atoms with Gasteiger partial charge in [-0.15, -0.1) is 0 Å². The minimum Gasteiger partial charge on any atom is -0.497 e. The first-order valence-electron chi connectivity index (χ1n) is 8.29. The van der Waals surface area contributed by atoms with Crippen molar-refractivity contribution in [1.29, 1.82) is 0 Å². The first kappa shape index (κ1) is 17.7. The van der Waals surface area contributed by atoms with Crippen LogP contribution in [0.1, 0.15) is 18.4 Å². The molecule has 136 valence electrons. The summed E-state index contributed by atoms with van der Waals surface area (Å²) in [7, 11) is -1.43. The molecule has 0 bridgehead atoms. The fourth-order valence-electron chi connectivity index (χ4n) is 3.06. The zero-order valence-electron chi connectivity index (χ0n) is 14.0. The summed E-state index contributed by atoms with van der Waals surface area (Å²) in [6.07, 6.45) is 0.967. The Morgan fingerprint density at radius 1 is 1.16 bits per heavy atom. The zero-order valence-corrected chi connectivity index (χ0v) is 14.8. The van der Waals surface area contributed by atoms with E-state index in [4.69, 9.17) is 4.74 Å². The second kappa shape index (κ2) is 7.03. The van der Waals surface area contributed by atoms with E-state index in [0.29, 0.717) is 19.4 Å². The van der Waals surface area contributed by atoms with E-state index in [-0.39, 0.29) is 41.2 Å². The van der Waals surface area contributed by atoms with E-state index in [0.717, 1.165) is 11.3 Å². The number of rotatable bonds is 6. The van der Waals surface area contributed by atoms with Crippen LogP contribution in [0.15, 0.2) is 24.3 Å². The molecule has 2 fully saturated rings. The summed E-state index contributed by atoms with van der Waals surface area (Å²) in [6, 6.07) is 7.07. The first-order valence-corrected chi connectivity index (χ1v) is 10.1. The molecule has 1 aliphatic heterocycles. The quantitative estimate of drug-likeness (QED) is 0.752. The van der Waals surface area contributed by atoms with Gasteiger partial charge in [0.2, 0.25) is 11.8 Å². The van der Waals surface area contributed by atoms with Crippen molar-refractivity contribution < 1.29 is 22.7 Å². The molecule has 2 aliphatic rings. The molecule has 1 saturated carbocycles. The van der Waals surface area contributed by atoms with Gasteiger partial charge < -0.3 is 15.4 Å². The van der Waals surface area contributed by atoms with Crippen molar-refractivity contribution in [2.24, 2.45) is 11.8 Å². The normalized spacial score (nSPS) is 26.7. The van der Waals surface area contributed by atoms with Crippen LogP contribution in [0.5, 0.6) is 5.75 Å². The maximum Gasteiger partial charge on any atom is 0.224 e. The lowest BCUT2D eigenvalue weighted by molar-refractivity contribution is -0.127. The number of amides is 2. The summed E-state index contributed by atoms with van der Waals surface area (Å²) in [5, 5.41) is 5.59. The number of ether oxygens (including phenoxy) is 1. The highest BCUT2D eigenvalue weighted by molar-refractivity contribution is 7.91. The molecular formula is C17H22N2O5S. The summed E-state index contributed by atoms with van der Waals surface area (Å²) in [6.45, 7) is 0.397. The van der Waals surface area contributed by atoms with Gasteiger partial charge in [0.25, 0.3) is 0 Å². The van der Waals surface area contributed by atoms with E-state index in [9.17, 15) is 18.0 Å². The van der Waals surface area contributed by atoms with Crippen LogP contribution in [-0.2, 0) is 26.0 Å². The van der Waals surface area contributed by atoms with Gasteiger partial charge in [-0.05, 0) is 30.5 Å². The predicted octanol–water partition coefficient (Wildman–Crippen LogP) is 0.251. The zero-order chi connectivity index (χ0) is 18.0. The van der Waals surface area contributed by atoms with Gasteiger partial charge in [0.1, 0.15) is 5.75 Å². The van der Waals surface area contributed by atoms with Gasteiger partial charge in [-0.2, -0.15) is 0 Å². The molecule has 1 aromatic rings. The minimum atomic E-state index is -3.02. The highest BCUT2D eigenvalue weighted by Crippen LogP contribution is 2.39. The molecule has 1 aromatic carbocycles. The van der Waals surface area contributed by atoms with Crippen molar-refractivity contribution in [1.82, 2.24) is 10.6 Å². The van der Waals surface area contributed by atoms with Gasteiger partial charge in [-0.25, -0.2) is 8.42 Å². The number of carbonyl (C=O) groups is 2. The van der Waals surface area contributed by atoms with Crippen molar-refractivity contribution in [3.63, 3.8) is 0 Å². The second-order valence-electron chi connectivity index (χ2n) is 6.62. The maximum absolute atomic E-state index is 12.1. The Morgan fingerprint density at radius 3 is 2.44 bits per heavy atom. The van der Waals surface area contributed by atoms with Gasteiger partial charge in [0.05, 0.1) is 30.5 Å². The second-order valence-corrected chi connectivity index (χ2v) is 8.85. The number of hydrogen-bond acceptors (Lipinski definition) is 5. The molecule has 2 N–H and O–H groups in total. The number of methoxy groups -OCH3 is 1. The number of nitrogens with one attached hydrogen (secondary N) is 2. The van der Waals surface area contributed by atoms with Gasteiger partial charge in [-0.3, -0.25) is 9.59 Å². The Hall–Kier alpha value is -2.09. The third-order valence-electron chi connectivity index (χ3n) is 4.67. The average molecular weight is 366 g/mol. The van der Waals surface area contributed by atoms with E-state index < -0.39 is 9.84 Å². The molecule has 2 amide bonds. The van der Waals surface area contributed by atoms with Crippen LogP contribution in [0.2, 0.25) is 0 Å². The third kappa shape index (κ3) is 4.50. The molecule has 1 aliphatic carbocycles. The minimum absolute atomic E-state index is 0.000206. The average Bonchev–Trinajstić information content (AvgIpc) is 3.32. The van der Waals surface area contributed by atoms with E-state index in [2.05, 4.69) is 10.6 Å². The molecule has 7 nitrogen and oxygen atoms in total. The molecule has 8 heteroatoms. The Kier molecular flexibility index (Phi) is 4.99. The molecule has 0 aromatic heterocycles. The van der Waals surface area contributed by atoms with Gasteiger partial charge in [0.15, 0.2) is 9.84 Å². The molecule has 25 heavy (non-hydrogen) atoms. The molecule has 1 saturated heterocycles. The van der Waals surface area contributed by atoms with Gasteiger partial charge in [-0.1, -0.05) is 12.1 Å². The molecule has 3 unspecified atom stereocenters. The Bertz CT molecular complexity index is 760. The summed E-state index contributed by atoms with van der Waals surface area (Å²) < 4.78 is 27.9. The Morgan fingerprint density at radius 2 is 1.84 bits per heavy atom. The number of benzene rings is 1. The smallest absolute Gasteiger partial charge is 0.224 e. The van der Waals surface area contributed by atoms with E-state index in [1.807, 2.05) is 24.3 Å². The summed E-state index contributed by atoms with van der Waals surface area (Å²) in [4.78, 5) is 24.3. The van der Waals surface area contributed by atoms with Crippen LogP contribution in [0.3, 0.4) is 0 Å². The molecule has 0 radical (unpaired) electrons. The van der Waals surface area contributed by atoms with Crippen LogP contribution < -0.4 is 15.4 Å². The van der Waals surface area contributed by atoms with Crippen molar-refractivity contribution >= 4 is 21.7 Å². The van der Waals surface area contributed by atoms with Crippen LogP contribution >= 0.6 is 0 Å². The lowest BCUT2D eigenvalue weighted by Gasteiger charge is -2.10. The summed E-state index contributed by atoms with van der Waals surface area (Å²) in [5.74, 6) is -0.158. The maximum atomic E-state index is 12.1. The number of carbonyl (C=O) groups excluding carboxylic acids is 2. The van der Waals surface area contributed by atoms with Crippen LogP contribution in [0.4, 0.5) is 0 Å². The Labute approximate surface area is 147 Å². The highest BCUT2D eigenvalue weighted by Gasteiger charge is 2.48. The molecule has 3 rings (SSSR count). The molecule has 0 spiro atoms. The van der Waals surface area contributed by atoms with Crippen LogP contribution in [-0.4, -0.2) is 44.9 Å². The predicted molar refractivity (Wildman–Crippen MR) is 91.6 cm³/mol. The number of sulfone groups is 1. The fraction of sp³-hybridized carbons (Fsp3) is 0.529. The summed E-state index contributed by atoms with van der Waals surface area (Å²) >= 11 is 0. The number of hydrogen-bond donors (Lipinski definition) is 2. The van der Waals surface area contributed by atoms with Crippen molar-refractivity contribution in [2.75, 3.05) is 18.6 Å². The molecular weight excluding hydrogens is 344 g/mol. The van der Waals surface area contributed by atoms with Crippen LogP contribution in [0, 0.1) is 11.8 Å². The fourth-order valence-corrected chi connectivity index (χ4v) is 4.73. The largest absolute Gasteiger partial charge is 0.497 e. The van der Waals surface area contributed by atoms with Gasteiger partial charge in [0, 0.05) is 12.6 Å². The van der Waals surface area contributed by atoms with E-state index >= 15 is 0 Å². The van der Waals surface area contributed by atoms with Crippen molar-refractivity contribution in [3.05, 3.63) is 29.8 Å².